The van der Waals surface area contributed by atoms with Gasteiger partial charge in [-0.1, -0.05) is 13.8 Å². The molecule has 82 valence electrons. The van der Waals surface area contributed by atoms with Gasteiger partial charge in [-0.3, -0.25) is 0 Å². The standard InChI is InChI=1S/C8H20N2O.C2H6/c1-7(2,9-5)6-8(3,4)10-11;1-2/h9-11H,6H2,1-5H3;1-2H3/p+1. The van der Waals surface area contributed by atoms with E-state index in [4.69, 9.17) is 5.21 Å². The minimum Gasteiger partial charge on any atom is -0.315 e. The molecule has 3 nitrogen and oxygen atoms in total. The lowest BCUT2D eigenvalue weighted by atomic mass is 9.88. The summed E-state index contributed by atoms with van der Waals surface area (Å²) in [6.07, 6.45) is 0.924. The molecule has 0 spiro atoms. The fraction of sp³-hybridized carbons (Fsp3) is 1.00. The predicted molar refractivity (Wildman–Crippen MR) is 56.9 cm³/mol. The van der Waals surface area contributed by atoms with Crippen LogP contribution in [-0.2, 0) is 0 Å². The molecule has 0 saturated heterocycles. The van der Waals surface area contributed by atoms with E-state index in [0.717, 1.165) is 6.42 Å². The van der Waals surface area contributed by atoms with Crippen LogP contribution in [0, 0.1) is 0 Å². The van der Waals surface area contributed by atoms with Crippen LogP contribution in [0.15, 0.2) is 0 Å². The summed E-state index contributed by atoms with van der Waals surface area (Å²) in [5, 5.41) is 12.1. The lowest BCUT2D eigenvalue weighted by Crippen LogP contribution is -2.93. The Hall–Kier alpha value is -0.120. The summed E-state index contributed by atoms with van der Waals surface area (Å²) in [5.74, 6) is 0. The fourth-order valence-electron chi connectivity index (χ4n) is 1.27. The SMILES string of the molecule is CC.CNC(C)(C)CC(C)(C)[NH2+]O. The van der Waals surface area contributed by atoms with Crippen LogP contribution in [0.25, 0.3) is 0 Å². The molecular weight excluding hydrogens is 164 g/mol. The number of quaternary nitrogens is 1. The maximum Gasteiger partial charge on any atom is 0.121 e. The summed E-state index contributed by atoms with van der Waals surface area (Å²) >= 11 is 0. The first-order valence-corrected chi connectivity index (χ1v) is 5.00. The maximum atomic E-state index is 8.90. The Balaban J connectivity index is 0. The minimum atomic E-state index is -0.105. The van der Waals surface area contributed by atoms with E-state index in [0.29, 0.717) is 0 Å². The average molecular weight is 191 g/mol. The Morgan fingerprint density at radius 1 is 1.15 bits per heavy atom. The quantitative estimate of drug-likeness (QED) is 0.583. The van der Waals surface area contributed by atoms with E-state index < -0.39 is 0 Å². The molecule has 0 atom stereocenters. The average Bonchev–Trinajstić information content (AvgIpc) is 2.07. The number of rotatable bonds is 4. The van der Waals surface area contributed by atoms with Gasteiger partial charge in [0.25, 0.3) is 0 Å². The smallest absolute Gasteiger partial charge is 0.121 e. The lowest BCUT2D eigenvalue weighted by molar-refractivity contribution is -0.932. The Bertz CT molecular complexity index is 108. The molecule has 0 fully saturated rings. The van der Waals surface area contributed by atoms with Gasteiger partial charge in [-0.15, -0.1) is 0 Å². The second-order valence-electron chi connectivity index (χ2n) is 4.43. The fourth-order valence-corrected chi connectivity index (χ4v) is 1.27. The molecule has 0 unspecified atom stereocenters. The molecule has 0 amide bonds. The van der Waals surface area contributed by atoms with Gasteiger partial charge in [0.2, 0.25) is 0 Å². The van der Waals surface area contributed by atoms with E-state index in [1.807, 2.05) is 34.7 Å². The second kappa shape index (κ2) is 6.35. The zero-order valence-electron chi connectivity index (χ0n) is 10.2. The summed E-state index contributed by atoms with van der Waals surface area (Å²) < 4.78 is 0. The maximum absolute atomic E-state index is 8.90. The molecule has 0 aromatic heterocycles. The molecule has 13 heavy (non-hydrogen) atoms. The van der Waals surface area contributed by atoms with Crippen LogP contribution in [0.4, 0.5) is 0 Å². The van der Waals surface area contributed by atoms with Crippen molar-refractivity contribution in [2.75, 3.05) is 7.05 Å². The normalized spacial score (nSPS) is 12.0. The molecule has 0 aromatic carbocycles. The van der Waals surface area contributed by atoms with Crippen molar-refractivity contribution in [1.29, 1.82) is 0 Å². The third kappa shape index (κ3) is 8.22. The Labute approximate surface area is 82.9 Å². The number of hydrogen-bond donors (Lipinski definition) is 3. The Morgan fingerprint density at radius 3 is 1.77 bits per heavy atom. The molecule has 0 aliphatic rings. The van der Waals surface area contributed by atoms with Gasteiger partial charge in [-0.2, -0.15) is 5.48 Å². The van der Waals surface area contributed by atoms with E-state index in [2.05, 4.69) is 19.2 Å². The van der Waals surface area contributed by atoms with E-state index in [1.54, 1.807) is 0 Å². The second-order valence-corrected chi connectivity index (χ2v) is 4.43. The van der Waals surface area contributed by atoms with Crippen molar-refractivity contribution < 1.29 is 10.7 Å². The topological polar surface area (TPSA) is 48.9 Å². The van der Waals surface area contributed by atoms with Gasteiger partial charge in [0.05, 0.1) is 0 Å². The van der Waals surface area contributed by atoms with Crippen molar-refractivity contribution in [3.05, 3.63) is 0 Å². The summed E-state index contributed by atoms with van der Waals surface area (Å²) in [7, 11) is 1.94. The van der Waals surface area contributed by atoms with Crippen LogP contribution in [0.2, 0.25) is 0 Å². The van der Waals surface area contributed by atoms with Crippen LogP contribution in [0.1, 0.15) is 48.0 Å². The van der Waals surface area contributed by atoms with Crippen LogP contribution >= 0.6 is 0 Å². The van der Waals surface area contributed by atoms with E-state index in [-0.39, 0.29) is 11.1 Å². The van der Waals surface area contributed by atoms with Crippen LogP contribution < -0.4 is 10.8 Å². The van der Waals surface area contributed by atoms with Crippen molar-refractivity contribution in [1.82, 2.24) is 5.32 Å². The number of hydrogen-bond acceptors (Lipinski definition) is 2. The number of hydroxylamine groups is 1. The highest BCUT2D eigenvalue weighted by molar-refractivity contribution is 4.82. The third-order valence-electron chi connectivity index (χ3n) is 1.92. The first kappa shape index (κ1) is 15.4. The molecule has 0 bridgehead atoms. The van der Waals surface area contributed by atoms with Gasteiger partial charge in [0.15, 0.2) is 0 Å². The van der Waals surface area contributed by atoms with Crippen molar-refractivity contribution in [3.63, 3.8) is 0 Å². The summed E-state index contributed by atoms with van der Waals surface area (Å²) in [5.41, 5.74) is 1.25. The van der Waals surface area contributed by atoms with E-state index in [1.165, 1.54) is 5.48 Å². The van der Waals surface area contributed by atoms with Crippen molar-refractivity contribution in [2.24, 2.45) is 0 Å². The lowest BCUT2D eigenvalue weighted by Gasteiger charge is -2.30. The van der Waals surface area contributed by atoms with Crippen molar-refractivity contribution in [2.45, 2.75) is 59.0 Å². The van der Waals surface area contributed by atoms with Gasteiger partial charge >= 0.3 is 0 Å². The van der Waals surface area contributed by atoms with E-state index in [9.17, 15) is 0 Å². The van der Waals surface area contributed by atoms with Gasteiger partial charge in [0, 0.05) is 12.0 Å². The Kier molecular flexibility index (Phi) is 7.50. The molecule has 0 aliphatic heterocycles. The molecule has 3 heteroatoms. The monoisotopic (exact) mass is 191 g/mol. The number of nitrogens with two attached hydrogens (primary N) is 1. The first-order chi connectivity index (χ1) is 5.83. The zero-order chi connectivity index (χ0) is 11.1. The van der Waals surface area contributed by atoms with Crippen molar-refractivity contribution >= 4 is 0 Å². The molecule has 4 N–H and O–H groups in total. The predicted octanol–water partition coefficient (Wildman–Crippen LogP) is 1.13. The highest BCUT2D eigenvalue weighted by atomic mass is 16.5. The number of nitrogens with one attached hydrogen (secondary N) is 1. The zero-order valence-corrected chi connectivity index (χ0v) is 10.2. The largest absolute Gasteiger partial charge is 0.315 e. The van der Waals surface area contributed by atoms with Crippen LogP contribution in [-0.4, -0.2) is 23.3 Å². The first-order valence-electron chi connectivity index (χ1n) is 5.00. The molecule has 0 aromatic rings. The molecule has 0 rings (SSSR count). The third-order valence-corrected chi connectivity index (χ3v) is 1.92. The van der Waals surface area contributed by atoms with Gasteiger partial charge in [-0.05, 0) is 34.7 Å². The summed E-state index contributed by atoms with van der Waals surface area (Å²) in [6, 6.07) is 0. The van der Waals surface area contributed by atoms with Crippen molar-refractivity contribution in [3.8, 4) is 0 Å². The van der Waals surface area contributed by atoms with Crippen LogP contribution in [0.3, 0.4) is 0 Å². The Morgan fingerprint density at radius 2 is 1.54 bits per heavy atom. The van der Waals surface area contributed by atoms with Crippen LogP contribution in [0.5, 0.6) is 0 Å². The highest BCUT2D eigenvalue weighted by Gasteiger charge is 2.30. The highest BCUT2D eigenvalue weighted by Crippen LogP contribution is 2.15. The van der Waals surface area contributed by atoms with Gasteiger partial charge < -0.3 is 5.32 Å². The van der Waals surface area contributed by atoms with E-state index >= 15 is 0 Å². The molecule has 0 aliphatic carbocycles. The summed E-state index contributed by atoms with van der Waals surface area (Å²) in [4.78, 5) is 0. The molecule has 0 saturated carbocycles. The van der Waals surface area contributed by atoms with Gasteiger partial charge in [-0.25, -0.2) is 5.21 Å². The minimum absolute atomic E-state index is 0.0860. The summed E-state index contributed by atoms with van der Waals surface area (Å²) in [6.45, 7) is 12.3. The van der Waals surface area contributed by atoms with Gasteiger partial charge in [0.1, 0.15) is 5.54 Å². The molecular formula is C10H27N2O+. The molecule has 0 heterocycles. The molecule has 0 radical (unpaired) electrons.